The molecule has 1 amide bonds. The molecule has 0 aliphatic rings. The monoisotopic (exact) mass is 301 g/mol. The normalized spacial score (nSPS) is 11.1. The van der Waals surface area contributed by atoms with Gasteiger partial charge in [0.05, 0.1) is 11.1 Å². The van der Waals surface area contributed by atoms with Crippen molar-refractivity contribution in [1.82, 2.24) is 5.32 Å². The summed E-state index contributed by atoms with van der Waals surface area (Å²) in [6.45, 7) is 3.53. The Morgan fingerprint density at radius 2 is 1.95 bits per heavy atom. The topological polar surface area (TPSA) is 67.2 Å². The lowest BCUT2D eigenvalue weighted by molar-refractivity contribution is -0.128. The van der Waals surface area contributed by atoms with Crippen molar-refractivity contribution in [1.29, 1.82) is 0 Å². The van der Waals surface area contributed by atoms with Gasteiger partial charge in [-0.1, -0.05) is 12.2 Å². The van der Waals surface area contributed by atoms with Crippen molar-refractivity contribution in [3.8, 4) is 0 Å². The minimum atomic E-state index is -1.10. The molecule has 4 nitrogen and oxygen atoms in total. The van der Waals surface area contributed by atoms with E-state index in [0.29, 0.717) is 0 Å². The van der Waals surface area contributed by atoms with Crippen LogP contribution >= 0.6 is 12.2 Å². The molecule has 7 heteroatoms. The maximum absolute atomic E-state index is 13.8. The fraction of sp³-hybridized carbons (Fsp3) is 0.385. The number of rotatable bonds is 5. The molecule has 4 N–H and O–H groups in total. The predicted molar refractivity (Wildman–Crippen MR) is 78.6 cm³/mol. The van der Waals surface area contributed by atoms with Crippen LogP contribution in [0.4, 0.5) is 14.5 Å². The van der Waals surface area contributed by atoms with Gasteiger partial charge < -0.3 is 16.4 Å². The number of thiocarbonyl (C=S) groups is 1. The molecule has 0 spiro atoms. The van der Waals surface area contributed by atoms with Crippen molar-refractivity contribution in [2.24, 2.45) is 11.1 Å². The van der Waals surface area contributed by atoms with Gasteiger partial charge in [-0.15, -0.1) is 0 Å². The van der Waals surface area contributed by atoms with Crippen molar-refractivity contribution in [2.75, 3.05) is 18.9 Å². The van der Waals surface area contributed by atoms with Gasteiger partial charge in [-0.05, 0) is 26.0 Å². The van der Waals surface area contributed by atoms with Gasteiger partial charge >= 0.3 is 0 Å². The highest BCUT2D eigenvalue weighted by Gasteiger charge is 2.27. The maximum atomic E-state index is 13.8. The molecule has 1 aromatic rings. The van der Waals surface area contributed by atoms with Crippen molar-refractivity contribution in [3.63, 3.8) is 0 Å². The summed E-state index contributed by atoms with van der Waals surface area (Å²) in [4.78, 5) is 11.4. The Morgan fingerprint density at radius 1 is 1.35 bits per heavy atom. The number of nitrogens with one attached hydrogen (secondary N) is 2. The summed E-state index contributed by atoms with van der Waals surface area (Å²) >= 11 is 4.62. The van der Waals surface area contributed by atoms with Gasteiger partial charge in [-0.3, -0.25) is 4.79 Å². The van der Waals surface area contributed by atoms with Gasteiger partial charge in [0, 0.05) is 19.2 Å². The van der Waals surface area contributed by atoms with Crippen LogP contribution in [0.1, 0.15) is 19.4 Å². The average Bonchev–Trinajstić information content (AvgIpc) is 2.39. The van der Waals surface area contributed by atoms with Gasteiger partial charge in [0.1, 0.15) is 4.99 Å². The van der Waals surface area contributed by atoms with E-state index in [1.165, 1.54) is 19.2 Å². The summed E-state index contributed by atoms with van der Waals surface area (Å²) in [5.41, 5.74) is 4.33. The molecule has 110 valence electrons. The number of benzene rings is 1. The van der Waals surface area contributed by atoms with E-state index in [9.17, 15) is 13.6 Å². The number of hydrogen-bond acceptors (Lipinski definition) is 3. The highest BCUT2D eigenvalue weighted by atomic mass is 32.1. The molecule has 20 heavy (non-hydrogen) atoms. The molecule has 0 fully saturated rings. The minimum Gasteiger partial charge on any atom is -0.389 e. The predicted octanol–water partition coefficient (Wildman–Crippen LogP) is 1.78. The molecular weight excluding hydrogens is 284 g/mol. The first-order valence-corrected chi connectivity index (χ1v) is 6.35. The van der Waals surface area contributed by atoms with Gasteiger partial charge in [-0.2, -0.15) is 0 Å². The van der Waals surface area contributed by atoms with Crippen molar-refractivity contribution in [2.45, 2.75) is 13.8 Å². The Morgan fingerprint density at radius 3 is 2.45 bits per heavy atom. The van der Waals surface area contributed by atoms with Crippen LogP contribution in [0.25, 0.3) is 0 Å². The maximum Gasteiger partial charge on any atom is 0.227 e. The Kier molecular flexibility index (Phi) is 4.99. The van der Waals surface area contributed by atoms with E-state index >= 15 is 0 Å². The van der Waals surface area contributed by atoms with E-state index < -0.39 is 17.0 Å². The van der Waals surface area contributed by atoms with Crippen LogP contribution in [0.3, 0.4) is 0 Å². The highest BCUT2D eigenvalue weighted by Crippen LogP contribution is 2.23. The molecular formula is C13H17F2N3OS. The molecule has 0 radical (unpaired) electrons. The number of anilines is 1. The summed E-state index contributed by atoms with van der Waals surface area (Å²) in [6.07, 6.45) is 0. The zero-order chi connectivity index (χ0) is 15.5. The molecule has 0 bridgehead atoms. The van der Waals surface area contributed by atoms with Crippen LogP contribution in [0.15, 0.2) is 12.1 Å². The van der Waals surface area contributed by atoms with Crippen LogP contribution in [0.2, 0.25) is 0 Å². The second kappa shape index (κ2) is 6.13. The second-order valence-electron chi connectivity index (χ2n) is 4.97. The first-order chi connectivity index (χ1) is 9.20. The summed E-state index contributed by atoms with van der Waals surface area (Å²) in [5, 5.41) is 5.23. The average molecular weight is 301 g/mol. The molecule has 0 aromatic heterocycles. The lowest BCUT2D eigenvalue weighted by Gasteiger charge is -2.23. The van der Waals surface area contributed by atoms with Crippen molar-refractivity contribution >= 4 is 28.8 Å². The lowest BCUT2D eigenvalue weighted by Crippen LogP contribution is -2.39. The Labute approximate surface area is 121 Å². The SMILES string of the molecule is CNC(=O)C(C)(C)CNc1ccc(C(N)=S)c(F)c1F. The minimum absolute atomic E-state index is 0.0421. The Bertz CT molecular complexity index is 547. The van der Waals surface area contributed by atoms with Crippen LogP contribution < -0.4 is 16.4 Å². The second-order valence-corrected chi connectivity index (χ2v) is 5.41. The van der Waals surface area contributed by atoms with Crippen LogP contribution in [0, 0.1) is 17.0 Å². The first-order valence-electron chi connectivity index (χ1n) is 5.94. The molecule has 0 aliphatic heterocycles. The quantitative estimate of drug-likeness (QED) is 0.725. The van der Waals surface area contributed by atoms with Crippen molar-refractivity contribution < 1.29 is 13.6 Å². The number of carbonyl (C=O) groups excluding carboxylic acids is 1. The molecule has 1 rings (SSSR count). The van der Waals surface area contributed by atoms with Gasteiger partial charge in [-0.25, -0.2) is 8.78 Å². The third-order valence-electron chi connectivity index (χ3n) is 2.91. The number of amides is 1. The van der Waals surface area contributed by atoms with E-state index in [1.54, 1.807) is 13.8 Å². The van der Waals surface area contributed by atoms with Gasteiger partial charge in [0.2, 0.25) is 5.91 Å². The van der Waals surface area contributed by atoms with Gasteiger partial charge in [0.25, 0.3) is 0 Å². The summed E-state index contributed by atoms with van der Waals surface area (Å²) < 4.78 is 27.5. The number of carbonyl (C=O) groups is 1. The van der Waals surface area contributed by atoms with E-state index in [1.807, 2.05) is 0 Å². The number of halogens is 2. The fourth-order valence-electron chi connectivity index (χ4n) is 1.61. The van der Waals surface area contributed by atoms with E-state index in [2.05, 4.69) is 22.9 Å². The third-order valence-corrected chi connectivity index (χ3v) is 3.13. The Hall–Kier alpha value is -1.76. The smallest absolute Gasteiger partial charge is 0.227 e. The number of nitrogens with two attached hydrogens (primary N) is 1. The molecule has 0 saturated carbocycles. The van der Waals surface area contributed by atoms with Crippen LogP contribution in [-0.2, 0) is 4.79 Å². The third kappa shape index (κ3) is 3.41. The summed E-state index contributed by atoms with van der Waals surface area (Å²) in [6, 6.07) is 2.64. The number of hydrogen-bond donors (Lipinski definition) is 3. The van der Waals surface area contributed by atoms with Gasteiger partial charge in [0.15, 0.2) is 11.6 Å². The molecule has 0 atom stereocenters. The van der Waals surface area contributed by atoms with E-state index in [4.69, 9.17) is 5.73 Å². The fourth-order valence-corrected chi connectivity index (χ4v) is 1.77. The van der Waals surface area contributed by atoms with Crippen LogP contribution in [-0.4, -0.2) is 24.5 Å². The first kappa shape index (κ1) is 16.3. The zero-order valence-corrected chi connectivity index (χ0v) is 12.3. The highest BCUT2D eigenvalue weighted by molar-refractivity contribution is 7.80. The van der Waals surface area contributed by atoms with Crippen LogP contribution in [0.5, 0.6) is 0 Å². The van der Waals surface area contributed by atoms with E-state index in [-0.39, 0.29) is 28.7 Å². The summed E-state index contributed by atoms with van der Waals surface area (Å²) in [7, 11) is 1.52. The lowest BCUT2D eigenvalue weighted by atomic mass is 9.92. The molecule has 0 saturated heterocycles. The summed E-state index contributed by atoms with van der Waals surface area (Å²) in [5.74, 6) is -2.37. The molecule has 0 unspecified atom stereocenters. The zero-order valence-electron chi connectivity index (χ0n) is 11.5. The molecule has 1 aromatic carbocycles. The van der Waals surface area contributed by atoms with Crippen molar-refractivity contribution in [3.05, 3.63) is 29.3 Å². The molecule has 0 heterocycles. The standard InChI is InChI=1S/C13H17F2N3OS/c1-13(2,12(19)17-3)6-18-8-5-4-7(11(16)20)9(14)10(8)15/h4-5,18H,6H2,1-3H3,(H2,16,20)(H,17,19). The van der Waals surface area contributed by atoms with E-state index in [0.717, 1.165) is 0 Å². The Balaban J connectivity index is 2.93. The molecule has 0 aliphatic carbocycles. The largest absolute Gasteiger partial charge is 0.389 e.